The van der Waals surface area contributed by atoms with E-state index in [2.05, 4.69) is 16.0 Å². The third-order valence-corrected chi connectivity index (χ3v) is 13.5. The zero-order chi connectivity index (χ0) is 54.8. The lowest BCUT2D eigenvalue weighted by molar-refractivity contribution is -0.393. The number of hydrogen-bond acceptors (Lipinski definition) is 29. The first kappa shape index (κ1) is 60.6. The van der Waals surface area contributed by atoms with Crippen molar-refractivity contribution >= 4 is 17.7 Å². The van der Waals surface area contributed by atoms with Gasteiger partial charge in [-0.1, -0.05) is 0 Å². The number of amides is 3. The molecular formula is C42H71N3O29. The van der Waals surface area contributed by atoms with Crippen molar-refractivity contribution in [3.63, 3.8) is 0 Å². The molecule has 0 aromatic carbocycles. The van der Waals surface area contributed by atoms with Crippen LogP contribution < -0.4 is 16.0 Å². The molecule has 32 nitrogen and oxygen atoms in total. The van der Waals surface area contributed by atoms with Crippen molar-refractivity contribution in [2.24, 2.45) is 0 Å². The molecule has 3 amide bonds. The summed E-state index contributed by atoms with van der Waals surface area (Å²) < 4.78 is 65.0. The Labute approximate surface area is 421 Å². The fourth-order valence-corrected chi connectivity index (χ4v) is 9.49. The second-order valence-electron chi connectivity index (χ2n) is 19.0. The minimum absolute atomic E-state index is 0.737. The lowest BCUT2D eigenvalue weighted by Gasteiger charge is -2.51. The van der Waals surface area contributed by atoms with Gasteiger partial charge in [0.2, 0.25) is 17.7 Å². The monoisotopic (exact) mass is 1080 g/mol. The molecule has 0 radical (unpaired) electrons. The van der Waals surface area contributed by atoms with Crippen LogP contribution in [0.3, 0.4) is 0 Å². The van der Waals surface area contributed by atoms with E-state index in [1.54, 1.807) is 0 Å². The van der Waals surface area contributed by atoms with Crippen LogP contribution in [0.25, 0.3) is 0 Å². The number of aliphatic hydroxyl groups is 15. The van der Waals surface area contributed by atoms with E-state index in [0.717, 1.165) is 20.8 Å². The number of aliphatic hydroxyl groups excluding tert-OH is 15. The van der Waals surface area contributed by atoms with E-state index in [4.69, 9.17) is 52.1 Å². The van der Waals surface area contributed by atoms with E-state index >= 15 is 0 Å². The van der Waals surface area contributed by atoms with Crippen LogP contribution in [0.1, 0.15) is 34.6 Å². The van der Waals surface area contributed by atoms with Gasteiger partial charge in [0.05, 0.1) is 38.6 Å². The molecule has 30 atom stereocenters. The van der Waals surface area contributed by atoms with Gasteiger partial charge >= 0.3 is 0 Å². The number of rotatable bonds is 17. The van der Waals surface area contributed by atoms with Crippen molar-refractivity contribution in [2.45, 2.75) is 219 Å². The predicted molar refractivity (Wildman–Crippen MR) is 231 cm³/mol. The SMILES string of the molecule is CC(=O)N[C@@H]1[C@@H](O[C@@H]2O[C@H](CO)[C@@H](O)[C@H](O)[C@H]2NC(C)=O)[C@@H](O)[C@@H](CO[C@@H]2O[C@H](CO)[C@@H](O[C@@H]3O[C@H](CO)[C@H](O)[C@H](O)[C@H]3O[C@@H]3O[C@@H](C)[C@@H](O)[C@@H](O)[C@@H]3O)[C@H](O[C@@H]3O[C@@H](C)[C@@H](O)[C@@H](O)[C@@H]3O)[C@H]2NC(C)=O)O[C@@H]1O. The molecule has 0 spiro atoms. The van der Waals surface area contributed by atoms with Gasteiger partial charge in [0, 0.05) is 20.8 Å². The molecule has 0 saturated carbocycles. The van der Waals surface area contributed by atoms with E-state index in [9.17, 15) is 91.0 Å². The van der Waals surface area contributed by atoms with Crippen LogP contribution in [0.5, 0.6) is 0 Å². The first-order valence-corrected chi connectivity index (χ1v) is 23.8. The highest BCUT2D eigenvalue weighted by Crippen LogP contribution is 2.37. The highest BCUT2D eigenvalue weighted by molar-refractivity contribution is 5.74. The van der Waals surface area contributed by atoms with Crippen molar-refractivity contribution < 1.29 is 143 Å². The minimum atomic E-state index is -2.07. The fourth-order valence-electron chi connectivity index (χ4n) is 9.49. The molecule has 6 aliphatic heterocycles. The number of ether oxygens (including phenoxy) is 11. The van der Waals surface area contributed by atoms with Crippen LogP contribution in [-0.4, -0.2) is 305 Å². The van der Waals surface area contributed by atoms with E-state index in [1.165, 1.54) is 13.8 Å². The molecule has 32 heteroatoms. The maximum Gasteiger partial charge on any atom is 0.217 e. The molecule has 6 aliphatic rings. The smallest absolute Gasteiger partial charge is 0.217 e. The molecule has 6 saturated heterocycles. The zero-order valence-corrected chi connectivity index (χ0v) is 40.6. The maximum absolute atomic E-state index is 13.1. The van der Waals surface area contributed by atoms with Crippen molar-refractivity contribution in [3.8, 4) is 0 Å². The van der Waals surface area contributed by atoms with Gasteiger partial charge in [-0.15, -0.1) is 0 Å². The molecule has 0 aromatic rings. The predicted octanol–water partition coefficient (Wildman–Crippen LogP) is -11.6. The standard InChI is InChI=1S/C42H71N3O29/c1-10-22(52)28(58)31(61)40(65-10)73-35-21(45-14(5)51)38(70-17(8-48)33(35)71-42-36(30(60)25(55)16(7-47)69-42)74-41-32(62)29(59)23(53)11(2)66-41)64-9-18-26(56)34(20(37(63)67-18)44-13(4)50)72-39-19(43-12(3)49)27(57)24(54)15(6-46)68-39/h10-11,15-42,46-48,52-63H,6-9H2,1-5H3,(H,43,49)(H,44,50)(H,45,51)/t10-,11-,15+,16+,17+,18+,19+,20+,21+,22+,23+,24+,25-,26-,27+,28+,29+,30-,31-,32-,33+,34+,35+,36+,37-,38+,39-,40-,41-,42-/m0/s1. The van der Waals surface area contributed by atoms with E-state index in [-0.39, 0.29) is 0 Å². The van der Waals surface area contributed by atoms with E-state index in [0.29, 0.717) is 0 Å². The number of nitrogens with one attached hydrogen (secondary N) is 3. The molecule has 0 bridgehead atoms. The molecule has 6 rings (SSSR count). The average Bonchev–Trinajstić information content (AvgIpc) is 3.35. The molecular weight excluding hydrogens is 1010 g/mol. The summed E-state index contributed by atoms with van der Waals surface area (Å²) in [4.78, 5) is 37.6. The second-order valence-corrected chi connectivity index (χ2v) is 19.0. The largest absolute Gasteiger partial charge is 0.394 e. The summed E-state index contributed by atoms with van der Waals surface area (Å²) in [6.07, 6.45) is -48.6. The first-order valence-electron chi connectivity index (χ1n) is 23.8. The Hall–Kier alpha value is -2.63. The summed E-state index contributed by atoms with van der Waals surface area (Å²) in [7, 11) is 0. The minimum Gasteiger partial charge on any atom is -0.394 e. The van der Waals surface area contributed by atoms with Gasteiger partial charge in [0.15, 0.2) is 37.7 Å². The Morgan fingerprint density at radius 3 is 1.32 bits per heavy atom. The summed E-state index contributed by atoms with van der Waals surface area (Å²) in [6, 6.07) is -4.93. The second kappa shape index (κ2) is 25.9. The Bertz CT molecular complexity index is 1830. The molecule has 74 heavy (non-hydrogen) atoms. The molecule has 6 heterocycles. The van der Waals surface area contributed by atoms with Gasteiger partial charge in [-0.25, -0.2) is 0 Å². The number of hydrogen-bond donors (Lipinski definition) is 18. The molecule has 0 aliphatic carbocycles. The van der Waals surface area contributed by atoms with Crippen LogP contribution in [0.4, 0.5) is 0 Å². The van der Waals surface area contributed by atoms with Gasteiger partial charge < -0.3 is 145 Å². The van der Waals surface area contributed by atoms with Gasteiger partial charge in [-0.3, -0.25) is 14.4 Å². The molecule has 0 aromatic heterocycles. The topological polar surface area (TPSA) is 492 Å². The lowest BCUT2D eigenvalue weighted by atomic mass is 9.93. The van der Waals surface area contributed by atoms with Crippen LogP contribution in [0.15, 0.2) is 0 Å². The van der Waals surface area contributed by atoms with Gasteiger partial charge in [0.25, 0.3) is 0 Å². The quantitative estimate of drug-likeness (QED) is 0.0643. The van der Waals surface area contributed by atoms with Crippen molar-refractivity contribution in [2.75, 3.05) is 26.4 Å². The third kappa shape index (κ3) is 13.3. The summed E-state index contributed by atoms with van der Waals surface area (Å²) in [6.45, 7) is 2.06. The highest BCUT2D eigenvalue weighted by Gasteiger charge is 2.58. The van der Waals surface area contributed by atoms with E-state index < -0.39 is 228 Å². The Morgan fingerprint density at radius 1 is 0.378 bits per heavy atom. The first-order chi connectivity index (χ1) is 34.8. The average molecular weight is 1080 g/mol. The lowest BCUT2D eigenvalue weighted by Crippen LogP contribution is -2.71. The fraction of sp³-hybridized carbons (Fsp3) is 0.929. The van der Waals surface area contributed by atoms with Gasteiger partial charge in [-0.2, -0.15) is 0 Å². The van der Waals surface area contributed by atoms with Crippen molar-refractivity contribution in [1.82, 2.24) is 16.0 Å². The molecule has 18 N–H and O–H groups in total. The zero-order valence-electron chi connectivity index (χ0n) is 40.6. The van der Waals surface area contributed by atoms with Crippen LogP contribution in [0, 0.1) is 0 Å². The molecule has 428 valence electrons. The van der Waals surface area contributed by atoms with Crippen molar-refractivity contribution in [3.05, 3.63) is 0 Å². The molecule has 0 unspecified atom stereocenters. The van der Waals surface area contributed by atoms with Crippen molar-refractivity contribution in [1.29, 1.82) is 0 Å². The van der Waals surface area contributed by atoms with Crippen LogP contribution >= 0.6 is 0 Å². The Morgan fingerprint density at radius 2 is 0.811 bits per heavy atom. The summed E-state index contributed by atoms with van der Waals surface area (Å²) in [5, 5.41) is 169. The number of carbonyl (C=O) groups excluding carboxylic acids is 3. The Kier molecular flexibility index (Phi) is 21.2. The number of carbonyl (C=O) groups is 3. The Balaban J connectivity index is 1.33. The van der Waals surface area contributed by atoms with Gasteiger partial charge in [-0.05, 0) is 13.8 Å². The third-order valence-electron chi connectivity index (χ3n) is 13.5. The normalized spacial score (nSPS) is 49.1. The highest BCUT2D eigenvalue weighted by atomic mass is 16.8. The summed E-state index contributed by atoms with van der Waals surface area (Å²) in [5.74, 6) is -2.34. The van der Waals surface area contributed by atoms with Crippen LogP contribution in [0.2, 0.25) is 0 Å². The summed E-state index contributed by atoms with van der Waals surface area (Å²) >= 11 is 0. The van der Waals surface area contributed by atoms with Crippen LogP contribution in [-0.2, 0) is 66.5 Å². The molecule has 6 fully saturated rings. The van der Waals surface area contributed by atoms with Gasteiger partial charge in [0.1, 0.15) is 134 Å². The van der Waals surface area contributed by atoms with E-state index in [1.807, 2.05) is 0 Å². The summed E-state index contributed by atoms with van der Waals surface area (Å²) in [5.41, 5.74) is 0. The maximum atomic E-state index is 13.1.